The van der Waals surface area contributed by atoms with Gasteiger partial charge in [-0.3, -0.25) is 4.79 Å². The van der Waals surface area contributed by atoms with E-state index in [9.17, 15) is 9.59 Å². The van der Waals surface area contributed by atoms with Crippen molar-refractivity contribution in [2.24, 2.45) is 11.7 Å². The smallest absolute Gasteiger partial charge is 0.328 e. The van der Waals surface area contributed by atoms with Gasteiger partial charge in [0.15, 0.2) is 0 Å². The Morgan fingerprint density at radius 2 is 2.13 bits per heavy atom. The number of para-hydroxylation sites is 1. The van der Waals surface area contributed by atoms with E-state index in [1.807, 2.05) is 38.1 Å². The molecule has 4 rings (SSSR count). The summed E-state index contributed by atoms with van der Waals surface area (Å²) in [5.74, 6) is -0.0886. The molecule has 0 aliphatic carbocycles. The molecule has 1 amide bonds. The van der Waals surface area contributed by atoms with E-state index in [1.165, 1.54) is 7.11 Å². The molecular weight excluding hydrogens is 418 g/mol. The lowest BCUT2D eigenvalue weighted by Crippen LogP contribution is -2.49. The first kappa shape index (κ1) is 21.4. The molecular formula is C21H25N5O4S. The molecule has 3 aromatic rings. The highest BCUT2D eigenvalue weighted by Gasteiger charge is 2.37. The molecule has 1 aliphatic rings. The number of carbonyl (C=O) groups excluding carboxylic acids is 2. The average Bonchev–Trinajstić information content (AvgIpc) is 3.39. The topological polar surface area (TPSA) is 127 Å². The van der Waals surface area contributed by atoms with Gasteiger partial charge in [-0.25, -0.2) is 4.79 Å². The molecule has 0 fully saturated rings. The summed E-state index contributed by atoms with van der Waals surface area (Å²) in [7, 11) is 1.34. The molecule has 0 saturated carbocycles. The van der Waals surface area contributed by atoms with Crippen molar-refractivity contribution in [1.29, 1.82) is 0 Å². The highest BCUT2D eigenvalue weighted by Crippen LogP contribution is 2.31. The molecule has 1 aliphatic heterocycles. The van der Waals surface area contributed by atoms with E-state index in [2.05, 4.69) is 15.2 Å². The van der Waals surface area contributed by atoms with Crippen LogP contribution in [0.25, 0.3) is 10.9 Å². The molecule has 0 saturated heterocycles. The second-order valence-electron chi connectivity index (χ2n) is 7.86. The zero-order valence-electron chi connectivity index (χ0n) is 17.6. The predicted octanol–water partition coefficient (Wildman–Crippen LogP) is 2.43. The summed E-state index contributed by atoms with van der Waals surface area (Å²) in [6, 6.07) is 6.87. The molecule has 9 nitrogen and oxygen atoms in total. The Morgan fingerprint density at radius 3 is 2.87 bits per heavy atom. The zero-order chi connectivity index (χ0) is 22.1. The van der Waals surface area contributed by atoms with Crippen LogP contribution in [0.5, 0.6) is 0 Å². The fraction of sp³-hybridized carbons (Fsp3) is 0.429. The SMILES string of the molecule is COC(=O)[C@H]1Cc2c([nH]c3ccccc23)CN1C(=O)CSc1nnc([C@@H](N)C(C)C)o1. The van der Waals surface area contributed by atoms with E-state index in [4.69, 9.17) is 14.9 Å². The Balaban J connectivity index is 1.51. The van der Waals surface area contributed by atoms with Crippen molar-refractivity contribution in [3.05, 3.63) is 41.4 Å². The predicted molar refractivity (Wildman–Crippen MR) is 115 cm³/mol. The third kappa shape index (κ3) is 4.17. The van der Waals surface area contributed by atoms with Crippen LogP contribution >= 0.6 is 11.8 Å². The van der Waals surface area contributed by atoms with E-state index in [1.54, 1.807) is 4.90 Å². The first-order chi connectivity index (χ1) is 14.9. The maximum atomic E-state index is 13.0. The summed E-state index contributed by atoms with van der Waals surface area (Å²) in [6.45, 7) is 4.23. The molecule has 0 spiro atoms. The van der Waals surface area contributed by atoms with Crippen LogP contribution in [0.15, 0.2) is 33.9 Å². The van der Waals surface area contributed by atoms with Crippen molar-refractivity contribution in [2.75, 3.05) is 12.9 Å². The Hall–Kier alpha value is -2.85. The number of aromatic nitrogens is 3. The van der Waals surface area contributed by atoms with E-state index in [0.717, 1.165) is 33.9 Å². The second-order valence-corrected chi connectivity index (χ2v) is 8.78. The van der Waals surface area contributed by atoms with Gasteiger partial charge in [0.05, 0.1) is 25.4 Å². The lowest BCUT2D eigenvalue weighted by atomic mass is 9.96. The number of amides is 1. The summed E-state index contributed by atoms with van der Waals surface area (Å²) in [5, 5.41) is 9.28. The van der Waals surface area contributed by atoms with Gasteiger partial charge in [0.1, 0.15) is 6.04 Å². The molecule has 2 aromatic heterocycles. The molecule has 0 unspecified atom stereocenters. The summed E-state index contributed by atoms with van der Waals surface area (Å²) in [6.07, 6.45) is 0.399. The van der Waals surface area contributed by atoms with Gasteiger partial charge in [-0.15, -0.1) is 10.2 Å². The van der Waals surface area contributed by atoms with Gasteiger partial charge in [0.2, 0.25) is 11.8 Å². The van der Waals surface area contributed by atoms with Crippen LogP contribution in [-0.4, -0.2) is 50.9 Å². The third-order valence-electron chi connectivity index (χ3n) is 5.54. The minimum Gasteiger partial charge on any atom is -0.467 e. The zero-order valence-corrected chi connectivity index (χ0v) is 18.4. The van der Waals surface area contributed by atoms with Crippen LogP contribution in [0.3, 0.4) is 0 Å². The number of H-pyrrole nitrogens is 1. The van der Waals surface area contributed by atoms with Gasteiger partial charge in [0, 0.05) is 23.0 Å². The fourth-order valence-corrected chi connectivity index (χ4v) is 4.38. The Morgan fingerprint density at radius 1 is 1.35 bits per heavy atom. The molecule has 1 aromatic carbocycles. The quantitative estimate of drug-likeness (QED) is 0.439. The average molecular weight is 444 g/mol. The van der Waals surface area contributed by atoms with E-state index >= 15 is 0 Å². The first-order valence-electron chi connectivity index (χ1n) is 10.1. The van der Waals surface area contributed by atoms with Crippen LogP contribution in [0, 0.1) is 5.92 Å². The van der Waals surface area contributed by atoms with Gasteiger partial charge in [0.25, 0.3) is 5.22 Å². The summed E-state index contributed by atoms with van der Waals surface area (Å²) < 4.78 is 10.6. The number of carbonyl (C=O) groups is 2. The number of hydrogen-bond acceptors (Lipinski definition) is 8. The summed E-state index contributed by atoms with van der Waals surface area (Å²) in [4.78, 5) is 30.4. The molecule has 0 bridgehead atoms. The number of aromatic amines is 1. The van der Waals surface area contributed by atoms with Crippen LogP contribution in [-0.2, 0) is 27.3 Å². The Kier molecular flexibility index (Phi) is 6.01. The lowest BCUT2D eigenvalue weighted by Gasteiger charge is -2.33. The summed E-state index contributed by atoms with van der Waals surface area (Å²) >= 11 is 1.13. The van der Waals surface area contributed by atoms with Crippen LogP contribution in [0.2, 0.25) is 0 Å². The van der Waals surface area contributed by atoms with Crippen molar-refractivity contribution in [2.45, 2.75) is 44.1 Å². The number of nitrogens with one attached hydrogen (secondary N) is 1. The van der Waals surface area contributed by atoms with Crippen LogP contribution < -0.4 is 5.73 Å². The number of ether oxygens (including phenoxy) is 1. The maximum Gasteiger partial charge on any atom is 0.328 e. The number of methoxy groups -OCH3 is 1. The van der Waals surface area contributed by atoms with Gasteiger partial charge < -0.3 is 24.8 Å². The van der Waals surface area contributed by atoms with Crippen molar-refractivity contribution >= 4 is 34.5 Å². The lowest BCUT2D eigenvalue weighted by molar-refractivity contribution is -0.153. The number of nitrogens with two attached hydrogens (primary N) is 1. The van der Waals surface area contributed by atoms with Crippen molar-refractivity contribution in [3.63, 3.8) is 0 Å². The van der Waals surface area contributed by atoms with Crippen LogP contribution in [0.4, 0.5) is 0 Å². The van der Waals surface area contributed by atoms with Crippen molar-refractivity contribution in [3.8, 4) is 0 Å². The number of thioether (sulfide) groups is 1. The Bertz CT molecular complexity index is 1110. The van der Waals surface area contributed by atoms with E-state index in [-0.39, 0.29) is 28.8 Å². The van der Waals surface area contributed by atoms with Gasteiger partial charge in [-0.05, 0) is 17.5 Å². The number of esters is 1. The normalized spacial score (nSPS) is 17.1. The first-order valence-corrected chi connectivity index (χ1v) is 11.0. The largest absolute Gasteiger partial charge is 0.467 e. The molecule has 10 heteroatoms. The molecule has 3 heterocycles. The number of rotatable bonds is 6. The Labute approximate surface area is 183 Å². The minimum absolute atomic E-state index is 0.0571. The van der Waals surface area contributed by atoms with Gasteiger partial charge in [-0.1, -0.05) is 43.8 Å². The van der Waals surface area contributed by atoms with E-state index < -0.39 is 12.0 Å². The maximum absolute atomic E-state index is 13.0. The number of benzene rings is 1. The van der Waals surface area contributed by atoms with Crippen LogP contribution in [0.1, 0.15) is 37.0 Å². The highest BCUT2D eigenvalue weighted by molar-refractivity contribution is 7.99. The highest BCUT2D eigenvalue weighted by atomic mass is 32.2. The molecule has 31 heavy (non-hydrogen) atoms. The molecule has 2 atom stereocenters. The molecule has 3 N–H and O–H groups in total. The third-order valence-corrected chi connectivity index (χ3v) is 6.35. The minimum atomic E-state index is -0.683. The number of fused-ring (bicyclic) bond motifs is 3. The van der Waals surface area contributed by atoms with Gasteiger partial charge in [-0.2, -0.15) is 0 Å². The monoisotopic (exact) mass is 443 g/mol. The fourth-order valence-electron chi connectivity index (χ4n) is 3.72. The number of hydrogen-bond donors (Lipinski definition) is 2. The molecule has 164 valence electrons. The van der Waals surface area contributed by atoms with Gasteiger partial charge >= 0.3 is 5.97 Å². The molecule has 0 radical (unpaired) electrons. The second kappa shape index (κ2) is 8.72. The van der Waals surface area contributed by atoms with Crippen molar-refractivity contribution < 1.29 is 18.7 Å². The summed E-state index contributed by atoms with van der Waals surface area (Å²) in [5.41, 5.74) is 9.00. The number of nitrogens with zero attached hydrogens (tertiary/aromatic N) is 3. The van der Waals surface area contributed by atoms with Crippen molar-refractivity contribution in [1.82, 2.24) is 20.1 Å². The van der Waals surface area contributed by atoms with E-state index in [0.29, 0.717) is 18.9 Å². The standard InChI is InChI=1S/C21H25N5O4S/c1-11(2)18(22)19-24-25-21(30-19)31-10-17(27)26-9-15-13(8-16(26)20(28)29-3)12-6-4-5-7-14(12)23-15/h4-7,11,16,18,23H,8-10,22H2,1-3H3/t16-,18+/m1/s1.